The molecule has 0 unspecified atom stereocenters. The minimum atomic E-state index is -0.837. The number of carbonyl (C=O) groups is 2. The maximum Gasteiger partial charge on any atom is 0.252 e. The highest BCUT2D eigenvalue weighted by Gasteiger charge is 2.11. The second-order valence-electron chi connectivity index (χ2n) is 2.91. The van der Waals surface area contributed by atoms with Crippen molar-refractivity contribution in [2.45, 2.75) is 0 Å². The van der Waals surface area contributed by atoms with Crippen molar-refractivity contribution < 1.29 is 14.7 Å². The summed E-state index contributed by atoms with van der Waals surface area (Å²) >= 11 is 0. The predicted molar refractivity (Wildman–Crippen MR) is 55.0 cm³/mol. The van der Waals surface area contributed by atoms with Crippen LogP contribution in [0.5, 0.6) is 5.75 Å². The van der Waals surface area contributed by atoms with Gasteiger partial charge in [0, 0.05) is 10.5 Å². The molecule has 1 amide bonds. The van der Waals surface area contributed by atoms with E-state index in [0.29, 0.717) is 0 Å². The van der Waals surface area contributed by atoms with Crippen LogP contribution in [0.25, 0.3) is 10.4 Å². The van der Waals surface area contributed by atoms with Gasteiger partial charge >= 0.3 is 0 Å². The zero-order valence-corrected chi connectivity index (χ0v) is 8.12. The van der Waals surface area contributed by atoms with Crippen LogP contribution in [0.1, 0.15) is 20.7 Å². The summed E-state index contributed by atoms with van der Waals surface area (Å²) in [6.07, 6.45) is 0. The molecule has 0 aromatic heterocycles. The summed E-state index contributed by atoms with van der Waals surface area (Å²) in [5.41, 5.74) is 13.0. The van der Waals surface area contributed by atoms with E-state index in [1.807, 2.05) is 0 Å². The second-order valence-corrected chi connectivity index (χ2v) is 2.91. The van der Waals surface area contributed by atoms with Crippen molar-refractivity contribution >= 4 is 11.7 Å². The molecule has 0 aliphatic carbocycles. The third-order valence-electron chi connectivity index (χ3n) is 1.86. The van der Waals surface area contributed by atoms with Crippen molar-refractivity contribution in [3.63, 3.8) is 0 Å². The number of amides is 1. The average molecular weight is 220 g/mol. The Bertz CT molecular complexity index is 492. The van der Waals surface area contributed by atoms with Gasteiger partial charge in [0.1, 0.15) is 5.75 Å². The molecule has 1 aromatic carbocycles. The van der Waals surface area contributed by atoms with Crippen LogP contribution in [0.15, 0.2) is 23.3 Å². The predicted octanol–water partition coefficient (Wildman–Crippen LogP) is 0.984. The number of nitrogens with zero attached hydrogens (tertiary/aromatic N) is 3. The van der Waals surface area contributed by atoms with E-state index >= 15 is 0 Å². The fourth-order valence-corrected chi connectivity index (χ4v) is 1.09. The Kier molecular flexibility index (Phi) is 3.47. The van der Waals surface area contributed by atoms with Gasteiger partial charge in [-0.05, 0) is 23.7 Å². The van der Waals surface area contributed by atoms with Gasteiger partial charge in [0.05, 0.1) is 12.1 Å². The summed E-state index contributed by atoms with van der Waals surface area (Å²) in [5.74, 6) is -1.59. The number of benzene rings is 1. The lowest BCUT2D eigenvalue weighted by molar-refractivity contribution is 0.0997. The highest BCUT2D eigenvalue weighted by Crippen LogP contribution is 2.18. The summed E-state index contributed by atoms with van der Waals surface area (Å²) in [6, 6.07) is 3.66. The first-order valence-electron chi connectivity index (χ1n) is 4.23. The molecule has 0 saturated heterocycles. The number of hydrogen-bond donors (Lipinski definition) is 2. The number of ketones is 1. The van der Waals surface area contributed by atoms with Gasteiger partial charge in [0.25, 0.3) is 5.91 Å². The molecule has 7 heteroatoms. The van der Waals surface area contributed by atoms with E-state index in [0.717, 1.165) is 6.07 Å². The lowest BCUT2D eigenvalue weighted by Gasteiger charge is -2.02. The second kappa shape index (κ2) is 4.81. The van der Waals surface area contributed by atoms with Gasteiger partial charge in [0.15, 0.2) is 5.78 Å². The lowest BCUT2D eigenvalue weighted by atomic mass is 10.1. The van der Waals surface area contributed by atoms with Crippen molar-refractivity contribution in [1.82, 2.24) is 0 Å². The maximum absolute atomic E-state index is 11.4. The highest BCUT2D eigenvalue weighted by molar-refractivity contribution is 6.02. The number of Topliss-reactive ketones (excluding diaryl/α,β-unsaturated/α-hetero) is 1. The summed E-state index contributed by atoms with van der Waals surface area (Å²) in [7, 11) is 0. The van der Waals surface area contributed by atoms with Crippen LogP contribution in [0.3, 0.4) is 0 Å². The van der Waals surface area contributed by atoms with Gasteiger partial charge < -0.3 is 10.8 Å². The van der Waals surface area contributed by atoms with Crippen LogP contribution in [0, 0.1) is 0 Å². The number of carbonyl (C=O) groups excluding carboxylic acids is 2. The minimum absolute atomic E-state index is 0.146. The number of phenols is 1. The first-order valence-corrected chi connectivity index (χ1v) is 4.23. The monoisotopic (exact) mass is 220 g/mol. The summed E-state index contributed by atoms with van der Waals surface area (Å²) in [5, 5.41) is 12.4. The number of nitrogens with two attached hydrogens (primary N) is 1. The SMILES string of the molecule is [N-]=[N+]=NCC(=O)c1ccc(O)c(C(N)=O)c1. The molecule has 0 atom stereocenters. The topological polar surface area (TPSA) is 129 Å². The molecule has 1 aromatic rings. The number of rotatable bonds is 4. The van der Waals surface area contributed by atoms with Crippen LogP contribution in [0.2, 0.25) is 0 Å². The minimum Gasteiger partial charge on any atom is -0.507 e. The van der Waals surface area contributed by atoms with Gasteiger partial charge in [0.2, 0.25) is 0 Å². The molecule has 7 nitrogen and oxygen atoms in total. The Hall–Kier alpha value is -2.53. The molecule has 16 heavy (non-hydrogen) atoms. The molecule has 0 heterocycles. The Morgan fingerprint density at radius 2 is 2.19 bits per heavy atom. The van der Waals surface area contributed by atoms with Crippen molar-refractivity contribution in [3.05, 3.63) is 39.8 Å². The molecule has 0 radical (unpaired) electrons. The standard InChI is InChI=1S/C9H8N4O3/c10-9(16)6-3-5(1-2-7(6)14)8(15)4-12-13-11/h1-3,14H,4H2,(H2,10,16). The molecule has 1 rings (SSSR count). The number of primary amides is 1. The van der Waals surface area contributed by atoms with E-state index in [4.69, 9.17) is 11.3 Å². The Balaban J connectivity index is 3.07. The van der Waals surface area contributed by atoms with Crippen molar-refractivity contribution in [3.8, 4) is 5.75 Å². The van der Waals surface area contributed by atoms with Gasteiger partial charge in [-0.15, -0.1) is 0 Å². The third kappa shape index (κ3) is 2.49. The molecule has 82 valence electrons. The number of hydrogen-bond acceptors (Lipinski definition) is 4. The van der Waals surface area contributed by atoms with Gasteiger partial charge in [-0.25, -0.2) is 0 Å². The van der Waals surface area contributed by atoms with Crippen LogP contribution in [0.4, 0.5) is 0 Å². The third-order valence-corrected chi connectivity index (χ3v) is 1.86. The zero-order valence-electron chi connectivity index (χ0n) is 8.12. The highest BCUT2D eigenvalue weighted by atomic mass is 16.3. The molecule has 0 saturated carbocycles. The Labute approximate surface area is 90.1 Å². The van der Waals surface area contributed by atoms with E-state index in [9.17, 15) is 14.7 Å². The fourth-order valence-electron chi connectivity index (χ4n) is 1.09. The van der Waals surface area contributed by atoms with Gasteiger partial charge in [-0.1, -0.05) is 5.11 Å². The summed E-state index contributed by atoms with van der Waals surface area (Å²) < 4.78 is 0. The maximum atomic E-state index is 11.4. The molecule has 0 fully saturated rings. The molecule has 0 bridgehead atoms. The first-order chi connectivity index (χ1) is 7.56. The van der Waals surface area contributed by atoms with E-state index in [1.165, 1.54) is 12.1 Å². The number of azide groups is 1. The largest absolute Gasteiger partial charge is 0.507 e. The smallest absolute Gasteiger partial charge is 0.252 e. The molecular weight excluding hydrogens is 212 g/mol. The fraction of sp³-hybridized carbons (Fsp3) is 0.111. The summed E-state index contributed by atoms with van der Waals surface area (Å²) in [4.78, 5) is 24.7. The molecule has 0 aliphatic heterocycles. The van der Waals surface area contributed by atoms with Crippen LogP contribution in [-0.2, 0) is 0 Å². The van der Waals surface area contributed by atoms with Crippen molar-refractivity contribution in [2.75, 3.05) is 6.54 Å². The van der Waals surface area contributed by atoms with E-state index in [1.54, 1.807) is 0 Å². The molecule has 3 N–H and O–H groups in total. The zero-order chi connectivity index (χ0) is 12.1. The lowest BCUT2D eigenvalue weighted by Crippen LogP contribution is -2.13. The molecule has 0 aliphatic rings. The normalized spacial score (nSPS) is 9.25. The Morgan fingerprint density at radius 1 is 1.50 bits per heavy atom. The van der Waals surface area contributed by atoms with Gasteiger partial charge in [-0.2, -0.15) is 0 Å². The molecular formula is C9H8N4O3. The van der Waals surface area contributed by atoms with Gasteiger partial charge in [-0.3, -0.25) is 9.59 Å². The van der Waals surface area contributed by atoms with Crippen molar-refractivity contribution in [2.24, 2.45) is 10.8 Å². The van der Waals surface area contributed by atoms with Crippen LogP contribution in [-0.4, -0.2) is 23.3 Å². The van der Waals surface area contributed by atoms with Crippen LogP contribution >= 0.6 is 0 Å². The molecule has 0 spiro atoms. The van der Waals surface area contributed by atoms with E-state index in [2.05, 4.69) is 10.0 Å². The summed E-state index contributed by atoms with van der Waals surface area (Å²) in [6.45, 7) is -0.348. The van der Waals surface area contributed by atoms with Crippen molar-refractivity contribution in [1.29, 1.82) is 0 Å². The van der Waals surface area contributed by atoms with Crippen LogP contribution < -0.4 is 5.73 Å². The first kappa shape index (κ1) is 11.5. The Morgan fingerprint density at radius 3 is 2.75 bits per heavy atom. The average Bonchev–Trinajstić information content (AvgIpc) is 2.26. The van der Waals surface area contributed by atoms with E-state index < -0.39 is 11.7 Å². The quantitative estimate of drug-likeness (QED) is 0.339. The number of aromatic hydroxyl groups is 1. The van der Waals surface area contributed by atoms with E-state index in [-0.39, 0.29) is 23.4 Å².